The molecule has 2 heterocycles. The normalized spacial score (nSPS) is 12.5. The van der Waals surface area contributed by atoms with Crippen LogP contribution in [0.3, 0.4) is 0 Å². The van der Waals surface area contributed by atoms with Crippen LogP contribution in [0.15, 0.2) is 47.6 Å². The Morgan fingerprint density at radius 1 is 1.15 bits per heavy atom. The fourth-order valence-electron chi connectivity index (χ4n) is 3.70. The lowest BCUT2D eigenvalue weighted by Crippen LogP contribution is -2.32. The molecule has 0 aliphatic heterocycles. The van der Waals surface area contributed by atoms with E-state index in [9.17, 15) is 9.18 Å². The molecule has 1 atom stereocenters. The zero-order valence-corrected chi connectivity index (χ0v) is 20.1. The molecule has 0 radical (unpaired) electrons. The second-order valence-corrected chi connectivity index (χ2v) is 10.0. The van der Waals surface area contributed by atoms with Gasteiger partial charge in [-0.1, -0.05) is 55.4 Å². The standard InChI is InChI=1S/C25H28FN5OS/c1-15(2)11-12-27-24(32)17(4)33-25-28-23-22(29-30-25)19-13-16(3)9-10-21(19)31(23)14-18-7-5-6-8-20(18)26/h5-10,13,15,17H,11-12,14H2,1-4H3,(H,27,32). The van der Waals surface area contributed by atoms with Crippen LogP contribution in [0.1, 0.15) is 38.3 Å². The van der Waals surface area contributed by atoms with Crippen LogP contribution in [0.25, 0.3) is 22.1 Å². The van der Waals surface area contributed by atoms with Gasteiger partial charge in [0.2, 0.25) is 11.1 Å². The lowest BCUT2D eigenvalue weighted by Gasteiger charge is -2.12. The molecule has 0 aliphatic rings. The fourth-order valence-corrected chi connectivity index (χ4v) is 4.44. The minimum Gasteiger partial charge on any atom is -0.355 e. The number of aromatic nitrogens is 4. The van der Waals surface area contributed by atoms with Crippen LogP contribution in [0.5, 0.6) is 0 Å². The Bertz CT molecular complexity index is 1300. The Morgan fingerprint density at radius 3 is 2.70 bits per heavy atom. The minimum atomic E-state index is -0.358. The van der Waals surface area contributed by atoms with Crippen LogP contribution in [-0.2, 0) is 11.3 Å². The van der Waals surface area contributed by atoms with Crippen molar-refractivity contribution in [1.82, 2.24) is 25.1 Å². The quantitative estimate of drug-likeness (QED) is 0.366. The van der Waals surface area contributed by atoms with Crippen molar-refractivity contribution in [3.8, 4) is 0 Å². The highest BCUT2D eigenvalue weighted by atomic mass is 32.2. The van der Waals surface area contributed by atoms with Gasteiger partial charge in [0, 0.05) is 17.5 Å². The molecule has 0 spiro atoms. The predicted molar refractivity (Wildman–Crippen MR) is 131 cm³/mol. The molecule has 4 aromatic rings. The zero-order valence-electron chi connectivity index (χ0n) is 19.3. The van der Waals surface area contributed by atoms with Crippen LogP contribution in [0, 0.1) is 18.7 Å². The molecule has 0 aliphatic carbocycles. The first-order chi connectivity index (χ1) is 15.8. The molecule has 172 valence electrons. The molecule has 2 aromatic heterocycles. The number of benzene rings is 2. The Kier molecular flexibility index (Phi) is 6.93. The molecule has 33 heavy (non-hydrogen) atoms. The van der Waals surface area contributed by atoms with Gasteiger partial charge in [0.15, 0.2) is 5.65 Å². The maximum Gasteiger partial charge on any atom is 0.233 e. The van der Waals surface area contributed by atoms with Gasteiger partial charge in [-0.05, 0) is 44.4 Å². The maximum atomic E-state index is 14.4. The number of nitrogens with zero attached hydrogens (tertiary/aromatic N) is 4. The van der Waals surface area contributed by atoms with Gasteiger partial charge < -0.3 is 9.88 Å². The molecule has 6 nitrogen and oxygen atoms in total. The van der Waals surface area contributed by atoms with Crippen LogP contribution in [0.2, 0.25) is 0 Å². The fraction of sp³-hybridized carbons (Fsp3) is 0.360. The van der Waals surface area contributed by atoms with Gasteiger partial charge in [-0.25, -0.2) is 9.37 Å². The highest BCUT2D eigenvalue weighted by Crippen LogP contribution is 2.30. The lowest BCUT2D eigenvalue weighted by atomic mass is 10.1. The van der Waals surface area contributed by atoms with Gasteiger partial charge in [0.05, 0.1) is 17.3 Å². The van der Waals surface area contributed by atoms with Gasteiger partial charge in [0.1, 0.15) is 11.3 Å². The van der Waals surface area contributed by atoms with Crippen molar-refractivity contribution in [2.24, 2.45) is 5.92 Å². The van der Waals surface area contributed by atoms with Crippen molar-refractivity contribution in [2.45, 2.75) is 51.1 Å². The van der Waals surface area contributed by atoms with Crippen LogP contribution in [0.4, 0.5) is 4.39 Å². The topological polar surface area (TPSA) is 72.7 Å². The highest BCUT2D eigenvalue weighted by molar-refractivity contribution is 8.00. The highest BCUT2D eigenvalue weighted by Gasteiger charge is 2.20. The average molecular weight is 466 g/mol. The van der Waals surface area contributed by atoms with E-state index in [1.54, 1.807) is 12.1 Å². The van der Waals surface area contributed by atoms with Crippen LogP contribution in [-0.4, -0.2) is 37.5 Å². The van der Waals surface area contributed by atoms with E-state index >= 15 is 0 Å². The first-order valence-electron chi connectivity index (χ1n) is 11.1. The summed E-state index contributed by atoms with van der Waals surface area (Å²) in [4.78, 5) is 17.2. The van der Waals surface area contributed by atoms with Gasteiger partial charge >= 0.3 is 0 Å². The third kappa shape index (κ3) is 5.16. The Balaban J connectivity index is 1.68. The zero-order chi connectivity index (χ0) is 23.5. The minimum absolute atomic E-state index is 0.0492. The molecule has 0 saturated heterocycles. The SMILES string of the molecule is Cc1ccc2c(c1)c1nnc(SC(C)C(=O)NCCC(C)C)nc1n2Cc1ccccc1F. The number of carbonyl (C=O) groups is 1. The first kappa shape index (κ1) is 23.2. The molecule has 0 saturated carbocycles. The van der Waals surface area contributed by atoms with Gasteiger partial charge in [-0.15, -0.1) is 10.2 Å². The largest absolute Gasteiger partial charge is 0.355 e. The van der Waals surface area contributed by atoms with Crippen LogP contribution < -0.4 is 5.32 Å². The van der Waals surface area contributed by atoms with Gasteiger partial charge in [-0.2, -0.15) is 0 Å². The van der Waals surface area contributed by atoms with Gasteiger partial charge in [0.25, 0.3) is 0 Å². The summed E-state index contributed by atoms with van der Waals surface area (Å²) in [6, 6.07) is 12.8. The van der Waals surface area contributed by atoms with Crippen molar-refractivity contribution >= 4 is 39.7 Å². The summed E-state index contributed by atoms with van der Waals surface area (Å²) < 4.78 is 16.4. The second kappa shape index (κ2) is 9.87. The summed E-state index contributed by atoms with van der Waals surface area (Å²) in [6.45, 7) is 9.08. The van der Waals surface area contributed by atoms with E-state index in [0.717, 1.165) is 22.9 Å². The van der Waals surface area contributed by atoms with E-state index in [4.69, 9.17) is 4.98 Å². The Labute approximate surface area is 197 Å². The molecule has 8 heteroatoms. The summed E-state index contributed by atoms with van der Waals surface area (Å²) in [5.41, 5.74) is 3.89. The predicted octanol–water partition coefficient (Wildman–Crippen LogP) is 5.12. The van der Waals surface area contributed by atoms with Crippen molar-refractivity contribution in [1.29, 1.82) is 0 Å². The molecule has 1 unspecified atom stereocenters. The van der Waals surface area contributed by atoms with E-state index in [1.807, 2.05) is 42.7 Å². The smallest absolute Gasteiger partial charge is 0.233 e. The summed E-state index contributed by atoms with van der Waals surface area (Å²) >= 11 is 1.27. The summed E-state index contributed by atoms with van der Waals surface area (Å²) in [7, 11) is 0. The molecule has 0 fully saturated rings. The van der Waals surface area contributed by atoms with E-state index in [0.29, 0.717) is 40.9 Å². The molecule has 1 N–H and O–H groups in total. The third-order valence-corrected chi connectivity index (χ3v) is 6.51. The monoisotopic (exact) mass is 465 g/mol. The Hall–Kier alpha value is -3.00. The number of aryl methyl sites for hydroxylation is 1. The molecule has 1 amide bonds. The van der Waals surface area contributed by atoms with Gasteiger partial charge in [-0.3, -0.25) is 4.79 Å². The first-order valence-corrected chi connectivity index (χ1v) is 12.0. The maximum absolute atomic E-state index is 14.4. The van der Waals surface area contributed by atoms with E-state index in [2.05, 4.69) is 29.4 Å². The molecule has 4 rings (SSSR count). The number of hydrogen-bond donors (Lipinski definition) is 1. The molecule has 2 aromatic carbocycles. The van der Waals surface area contributed by atoms with Crippen molar-refractivity contribution in [3.05, 3.63) is 59.4 Å². The Morgan fingerprint density at radius 2 is 1.94 bits per heavy atom. The van der Waals surface area contributed by atoms with Crippen molar-refractivity contribution < 1.29 is 9.18 Å². The summed E-state index contributed by atoms with van der Waals surface area (Å²) in [5, 5.41) is 12.7. The number of halogens is 1. The summed E-state index contributed by atoms with van der Waals surface area (Å²) in [6.07, 6.45) is 0.933. The number of hydrogen-bond acceptors (Lipinski definition) is 5. The lowest BCUT2D eigenvalue weighted by molar-refractivity contribution is -0.120. The number of fused-ring (bicyclic) bond motifs is 3. The average Bonchev–Trinajstić information content (AvgIpc) is 3.07. The second-order valence-electron chi connectivity index (χ2n) is 8.70. The van der Waals surface area contributed by atoms with Crippen molar-refractivity contribution in [2.75, 3.05) is 6.54 Å². The number of carbonyl (C=O) groups excluding carboxylic acids is 1. The van der Waals surface area contributed by atoms with Crippen molar-refractivity contribution in [3.63, 3.8) is 0 Å². The summed E-state index contributed by atoms with van der Waals surface area (Å²) in [5.74, 6) is 0.220. The number of rotatable bonds is 8. The molecular weight excluding hydrogens is 437 g/mol. The number of nitrogens with one attached hydrogen (secondary N) is 1. The van der Waals surface area contributed by atoms with E-state index in [-0.39, 0.29) is 17.0 Å². The molecular formula is C25H28FN5OS. The molecule has 0 bridgehead atoms. The van der Waals surface area contributed by atoms with E-state index in [1.165, 1.54) is 17.8 Å². The van der Waals surface area contributed by atoms with E-state index < -0.39 is 0 Å². The third-order valence-electron chi connectivity index (χ3n) is 5.56. The number of thioether (sulfide) groups is 1. The number of amides is 1. The van der Waals surface area contributed by atoms with Crippen LogP contribution >= 0.6 is 11.8 Å².